The summed E-state index contributed by atoms with van der Waals surface area (Å²) in [5.41, 5.74) is 3.40. The number of hydrogen-bond donors (Lipinski definition) is 0. The smallest absolute Gasteiger partial charge is 0.168 e. The quantitative estimate of drug-likeness (QED) is 0.496. The van der Waals surface area contributed by atoms with Gasteiger partial charge in [-0.25, -0.2) is 4.98 Å². The Morgan fingerprint density at radius 2 is 1.92 bits per heavy atom. The summed E-state index contributed by atoms with van der Waals surface area (Å²) in [5, 5.41) is 1.87. The molecule has 0 fully saturated rings. The number of ether oxygens (including phenoxy) is 1. The van der Waals surface area contributed by atoms with Gasteiger partial charge in [0.25, 0.3) is 0 Å². The van der Waals surface area contributed by atoms with E-state index in [0.717, 1.165) is 28.3 Å². The number of rotatable bonds is 5. The zero-order valence-electron chi connectivity index (χ0n) is 14.3. The lowest BCUT2D eigenvalue weighted by atomic mass is 9.98. The van der Waals surface area contributed by atoms with E-state index in [9.17, 15) is 4.79 Å². The highest BCUT2D eigenvalue weighted by molar-refractivity contribution is 5.98. The maximum Gasteiger partial charge on any atom is 0.168 e. The van der Waals surface area contributed by atoms with E-state index in [0.29, 0.717) is 17.4 Å². The molecule has 3 nitrogen and oxygen atoms in total. The van der Waals surface area contributed by atoms with Gasteiger partial charge in [-0.1, -0.05) is 50.1 Å². The number of terminal acetylenes is 1. The number of carbonyl (C=O) groups is 1. The van der Waals surface area contributed by atoms with Gasteiger partial charge in [0.15, 0.2) is 6.29 Å². The molecule has 3 heteroatoms. The number of benzene rings is 2. The van der Waals surface area contributed by atoms with Gasteiger partial charge in [-0.3, -0.25) is 4.79 Å². The topological polar surface area (TPSA) is 39.2 Å². The van der Waals surface area contributed by atoms with Crippen LogP contribution in [0.4, 0.5) is 0 Å². The Bertz CT molecular complexity index is 950. The minimum atomic E-state index is 0.212. The second kappa shape index (κ2) is 7.19. The maximum absolute atomic E-state index is 11.3. The van der Waals surface area contributed by atoms with Crippen LogP contribution in [0.15, 0.2) is 48.5 Å². The van der Waals surface area contributed by atoms with E-state index in [1.165, 1.54) is 5.56 Å². The predicted molar refractivity (Wildman–Crippen MR) is 101 cm³/mol. The molecule has 0 amide bonds. The van der Waals surface area contributed by atoms with Crippen molar-refractivity contribution in [1.29, 1.82) is 0 Å². The summed E-state index contributed by atoms with van der Waals surface area (Å²) >= 11 is 0. The number of pyridine rings is 1. The molecule has 2 aromatic carbocycles. The molecule has 124 valence electrons. The van der Waals surface area contributed by atoms with Crippen LogP contribution in [0, 0.1) is 12.3 Å². The summed E-state index contributed by atoms with van der Waals surface area (Å²) < 4.78 is 5.53. The third kappa shape index (κ3) is 3.54. The van der Waals surface area contributed by atoms with Gasteiger partial charge in [0.2, 0.25) is 0 Å². The Labute approximate surface area is 147 Å². The van der Waals surface area contributed by atoms with Crippen molar-refractivity contribution >= 4 is 17.1 Å². The summed E-state index contributed by atoms with van der Waals surface area (Å²) in [6.45, 7) is 4.53. The number of nitrogens with zero attached hydrogens (tertiary/aromatic N) is 1. The minimum absolute atomic E-state index is 0.212. The summed E-state index contributed by atoms with van der Waals surface area (Å²) in [5.74, 6) is 3.61. The Balaban J connectivity index is 2.16. The first-order valence-electron chi connectivity index (χ1n) is 8.19. The van der Waals surface area contributed by atoms with Gasteiger partial charge >= 0.3 is 0 Å². The normalized spacial score (nSPS) is 10.6. The van der Waals surface area contributed by atoms with Gasteiger partial charge in [-0.2, -0.15) is 0 Å². The number of fused-ring (bicyclic) bond motifs is 1. The SMILES string of the molecule is C#CCOc1ccc2cc(C=O)nc(-c3ccc(C(C)C)cc3)c2c1. The van der Waals surface area contributed by atoms with Gasteiger partial charge in [-0.05, 0) is 35.1 Å². The molecule has 0 atom stereocenters. The molecule has 0 saturated carbocycles. The van der Waals surface area contributed by atoms with E-state index < -0.39 is 0 Å². The largest absolute Gasteiger partial charge is 0.481 e. The molecule has 0 N–H and O–H groups in total. The van der Waals surface area contributed by atoms with E-state index >= 15 is 0 Å². The summed E-state index contributed by atoms with van der Waals surface area (Å²) in [4.78, 5) is 15.8. The highest BCUT2D eigenvalue weighted by Crippen LogP contribution is 2.31. The van der Waals surface area contributed by atoms with E-state index in [4.69, 9.17) is 11.2 Å². The molecule has 1 aromatic heterocycles. The highest BCUT2D eigenvalue weighted by atomic mass is 16.5. The van der Waals surface area contributed by atoms with Gasteiger partial charge in [0.1, 0.15) is 18.1 Å². The Kier molecular flexibility index (Phi) is 4.81. The minimum Gasteiger partial charge on any atom is -0.481 e. The zero-order valence-corrected chi connectivity index (χ0v) is 14.3. The highest BCUT2D eigenvalue weighted by Gasteiger charge is 2.10. The molecule has 0 bridgehead atoms. The van der Waals surface area contributed by atoms with Gasteiger partial charge in [-0.15, -0.1) is 6.42 Å². The van der Waals surface area contributed by atoms with Crippen molar-refractivity contribution in [1.82, 2.24) is 4.98 Å². The van der Waals surface area contributed by atoms with Crippen LogP contribution in [0.3, 0.4) is 0 Å². The van der Waals surface area contributed by atoms with Crippen LogP contribution in [0.25, 0.3) is 22.0 Å². The van der Waals surface area contributed by atoms with Crippen LogP contribution in [0.1, 0.15) is 35.8 Å². The molecule has 0 saturated heterocycles. The fraction of sp³-hybridized carbons (Fsp3) is 0.182. The summed E-state index contributed by atoms with van der Waals surface area (Å²) in [6.07, 6.45) is 6.03. The van der Waals surface area contributed by atoms with Crippen LogP contribution < -0.4 is 4.74 Å². The van der Waals surface area contributed by atoms with Crippen molar-refractivity contribution in [3.8, 4) is 29.4 Å². The molecule has 25 heavy (non-hydrogen) atoms. The monoisotopic (exact) mass is 329 g/mol. The molecule has 0 radical (unpaired) electrons. The first kappa shape index (κ1) is 16.7. The Morgan fingerprint density at radius 3 is 2.56 bits per heavy atom. The van der Waals surface area contributed by atoms with Crippen molar-refractivity contribution in [2.45, 2.75) is 19.8 Å². The lowest BCUT2D eigenvalue weighted by Crippen LogP contribution is -1.96. The van der Waals surface area contributed by atoms with E-state index in [1.807, 2.05) is 30.3 Å². The van der Waals surface area contributed by atoms with E-state index in [2.05, 4.69) is 36.9 Å². The lowest BCUT2D eigenvalue weighted by molar-refractivity contribution is 0.111. The van der Waals surface area contributed by atoms with E-state index in [1.54, 1.807) is 6.07 Å². The second-order valence-electron chi connectivity index (χ2n) is 6.17. The number of aldehydes is 1. The molecule has 3 aromatic rings. The van der Waals surface area contributed by atoms with Crippen molar-refractivity contribution < 1.29 is 9.53 Å². The van der Waals surface area contributed by atoms with Crippen molar-refractivity contribution in [2.75, 3.05) is 6.61 Å². The van der Waals surface area contributed by atoms with Crippen molar-refractivity contribution in [3.05, 3.63) is 59.8 Å². The number of hydrogen-bond acceptors (Lipinski definition) is 3. The van der Waals surface area contributed by atoms with Crippen LogP contribution in [0.5, 0.6) is 5.75 Å². The first-order valence-corrected chi connectivity index (χ1v) is 8.19. The third-order valence-electron chi connectivity index (χ3n) is 4.12. The molecule has 0 aliphatic heterocycles. The molecule has 1 heterocycles. The van der Waals surface area contributed by atoms with Gasteiger partial charge < -0.3 is 4.74 Å². The standard InChI is InChI=1S/C22H19NO2/c1-4-11-25-20-10-9-18-12-19(14-24)23-22(21(18)13-20)17-7-5-16(6-8-17)15(2)3/h1,5-10,12-15H,11H2,2-3H3. The molecule has 0 aliphatic carbocycles. The molecular formula is C22H19NO2. The van der Waals surface area contributed by atoms with Crippen LogP contribution in [-0.4, -0.2) is 17.9 Å². The Morgan fingerprint density at radius 1 is 1.16 bits per heavy atom. The molecule has 3 rings (SSSR count). The average molecular weight is 329 g/mol. The molecule has 0 unspecified atom stereocenters. The predicted octanol–water partition coefficient (Wildman–Crippen LogP) is 4.85. The fourth-order valence-corrected chi connectivity index (χ4v) is 2.77. The summed E-state index contributed by atoms with van der Waals surface area (Å²) in [6, 6.07) is 15.7. The number of carbonyl (C=O) groups excluding carboxylic acids is 1. The van der Waals surface area contributed by atoms with Gasteiger partial charge in [0.05, 0.1) is 5.69 Å². The van der Waals surface area contributed by atoms with Crippen LogP contribution in [-0.2, 0) is 0 Å². The van der Waals surface area contributed by atoms with Crippen LogP contribution >= 0.6 is 0 Å². The second-order valence-corrected chi connectivity index (χ2v) is 6.17. The zero-order chi connectivity index (χ0) is 17.8. The van der Waals surface area contributed by atoms with Crippen LogP contribution in [0.2, 0.25) is 0 Å². The number of aromatic nitrogens is 1. The van der Waals surface area contributed by atoms with E-state index in [-0.39, 0.29) is 6.61 Å². The van der Waals surface area contributed by atoms with Gasteiger partial charge in [0, 0.05) is 10.9 Å². The third-order valence-corrected chi connectivity index (χ3v) is 4.12. The fourth-order valence-electron chi connectivity index (χ4n) is 2.77. The molecular weight excluding hydrogens is 310 g/mol. The Hall–Kier alpha value is -3.12. The average Bonchev–Trinajstić information content (AvgIpc) is 2.65. The molecule has 0 aliphatic rings. The lowest BCUT2D eigenvalue weighted by Gasteiger charge is -2.11. The summed E-state index contributed by atoms with van der Waals surface area (Å²) in [7, 11) is 0. The first-order chi connectivity index (χ1) is 12.1. The van der Waals surface area contributed by atoms with Crippen molar-refractivity contribution in [2.24, 2.45) is 0 Å². The maximum atomic E-state index is 11.3. The molecule has 0 spiro atoms. The van der Waals surface area contributed by atoms with Crippen molar-refractivity contribution in [3.63, 3.8) is 0 Å².